The van der Waals surface area contributed by atoms with E-state index in [1.54, 1.807) is 11.0 Å². The molecule has 1 aliphatic carbocycles. The number of carbonyl (C=O) groups is 1. The number of hydrogen-bond donors (Lipinski definition) is 3. The van der Waals surface area contributed by atoms with Gasteiger partial charge in [0.2, 0.25) is 5.95 Å². The van der Waals surface area contributed by atoms with E-state index >= 15 is 0 Å². The molecule has 4 atom stereocenters. The quantitative estimate of drug-likeness (QED) is 0.737. The number of hydrogen-bond acceptors (Lipinski definition) is 6. The number of nitrogens with zero attached hydrogens (tertiary/aromatic N) is 3. The number of aromatic nitrogens is 2. The van der Waals surface area contributed by atoms with Crippen molar-refractivity contribution in [1.29, 1.82) is 0 Å². The summed E-state index contributed by atoms with van der Waals surface area (Å²) in [4.78, 5) is 23.0. The number of amides is 1. The van der Waals surface area contributed by atoms with Crippen LogP contribution >= 0.6 is 0 Å². The van der Waals surface area contributed by atoms with Crippen LogP contribution < -0.4 is 5.73 Å². The molecule has 1 saturated heterocycles. The zero-order valence-electron chi connectivity index (χ0n) is 16.1. The van der Waals surface area contributed by atoms with Crippen LogP contribution in [0.2, 0.25) is 0 Å². The first-order valence-electron chi connectivity index (χ1n) is 9.66. The van der Waals surface area contributed by atoms with Gasteiger partial charge in [0.15, 0.2) is 0 Å². The fourth-order valence-corrected chi connectivity index (χ4v) is 4.78. The Bertz CT molecular complexity index is 888. The Morgan fingerprint density at radius 2 is 2.04 bits per heavy atom. The largest absolute Gasteiger partial charge is 0.396 e. The zero-order valence-corrected chi connectivity index (χ0v) is 16.1. The lowest BCUT2D eigenvalue weighted by Gasteiger charge is -2.17. The number of likely N-dealkylation sites (tertiary alicyclic amines) is 1. The van der Waals surface area contributed by atoms with E-state index in [9.17, 15) is 15.0 Å². The molecule has 1 aliphatic heterocycles. The second-order valence-corrected chi connectivity index (χ2v) is 8.18. The second kappa shape index (κ2) is 6.83. The first-order chi connectivity index (χ1) is 13.4. The Kier molecular flexibility index (Phi) is 4.59. The number of benzene rings is 1. The minimum atomic E-state index is -0.692. The van der Waals surface area contributed by atoms with Crippen molar-refractivity contribution in [2.45, 2.75) is 31.8 Å². The molecule has 0 bridgehead atoms. The predicted molar refractivity (Wildman–Crippen MR) is 105 cm³/mol. The monoisotopic (exact) mass is 382 g/mol. The minimum absolute atomic E-state index is 0.0173. The molecule has 1 aromatic heterocycles. The molecule has 2 aromatic rings. The summed E-state index contributed by atoms with van der Waals surface area (Å²) < 4.78 is 0. The summed E-state index contributed by atoms with van der Waals surface area (Å²) >= 11 is 0. The molecule has 0 unspecified atom stereocenters. The molecule has 7 nitrogen and oxygen atoms in total. The number of nitrogen functional groups attached to an aromatic ring is 1. The molecule has 4 rings (SSSR count). The molecule has 2 fully saturated rings. The van der Waals surface area contributed by atoms with Gasteiger partial charge in [-0.2, -0.15) is 0 Å². The highest BCUT2D eigenvalue weighted by Gasteiger charge is 2.71. The van der Waals surface area contributed by atoms with E-state index in [1.807, 2.05) is 44.2 Å². The van der Waals surface area contributed by atoms with Gasteiger partial charge in [-0.25, -0.2) is 9.97 Å². The Balaban J connectivity index is 1.60. The lowest BCUT2D eigenvalue weighted by molar-refractivity contribution is 0.0758. The number of nitrogens with two attached hydrogens (primary N) is 1. The summed E-state index contributed by atoms with van der Waals surface area (Å²) in [5.74, 6) is -0.0947. The van der Waals surface area contributed by atoms with Crippen LogP contribution in [0.4, 0.5) is 5.95 Å². The Labute approximate surface area is 164 Å². The Hall–Kier alpha value is -2.51. The standard InChI is InChI=1S/C21H26N4O3/c1-12(2)15-8-16(24-20(22)23-15)19(28)25-9-17(27)21(11-25)14(10-26)18(21)13-6-4-3-5-7-13/h3-8,12,14,17-18,26-27H,9-11H2,1-2H3,(H2,22,23,24)/t14-,17+,18-,21-/m1/s1. The van der Waals surface area contributed by atoms with Crippen molar-refractivity contribution in [3.05, 3.63) is 53.3 Å². The van der Waals surface area contributed by atoms with Crippen molar-refractivity contribution in [3.63, 3.8) is 0 Å². The molecule has 28 heavy (non-hydrogen) atoms. The van der Waals surface area contributed by atoms with Crippen LogP contribution in [-0.4, -0.2) is 56.8 Å². The van der Waals surface area contributed by atoms with Crippen LogP contribution in [0.5, 0.6) is 0 Å². The minimum Gasteiger partial charge on any atom is -0.396 e. The molecule has 1 spiro atoms. The summed E-state index contributed by atoms with van der Waals surface area (Å²) in [5, 5.41) is 20.8. The third kappa shape index (κ3) is 2.86. The lowest BCUT2D eigenvalue weighted by Crippen LogP contribution is -2.31. The van der Waals surface area contributed by atoms with Gasteiger partial charge in [-0.1, -0.05) is 44.2 Å². The maximum atomic E-state index is 13.1. The van der Waals surface area contributed by atoms with E-state index in [-0.39, 0.29) is 48.5 Å². The fourth-order valence-electron chi connectivity index (χ4n) is 4.78. The molecule has 2 aliphatic rings. The number of aliphatic hydroxyl groups is 2. The number of rotatable bonds is 4. The number of β-amino-alcohol motifs (C(OH)–C–C–N with tert-alkyl or cyclic N) is 1. The highest BCUT2D eigenvalue weighted by Crippen LogP contribution is 2.68. The van der Waals surface area contributed by atoms with E-state index < -0.39 is 11.5 Å². The smallest absolute Gasteiger partial charge is 0.272 e. The van der Waals surface area contributed by atoms with E-state index in [0.29, 0.717) is 12.2 Å². The van der Waals surface area contributed by atoms with Gasteiger partial charge in [0.1, 0.15) is 5.69 Å². The fraction of sp³-hybridized carbons (Fsp3) is 0.476. The normalized spacial score (nSPS) is 28.9. The van der Waals surface area contributed by atoms with Crippen molar-refractivity contribution in [2.75, 3.05) is 25.4 Å². The lowest BCUT2D eigenvalue weighted by atomic mass is 9.95. The predicted octanol–water partition coefficient (Wildman–Crippen LogP) is 1.39. The summed E-state index contributed by atoms with van der Waals surface area (Å²) in [7, 11) is 0. The highest BCUT2D eigenvalue weighted by molar-refractivity contribution is 5.93. The van der Waals surface area contributed by atoms with Gasteiger partial charge in [-0.05, 0) is 29.4 Å². The molecule has 1 saturated carbocycles. The topological polar surface area (TPSA) is 113 Å². The van der Waals surface area contributed by atoms with Crippen LogP contribution in [-0.2, 0) is 0 Å². The molecular weight excluding hydrogens is 356 g/mol. The van der Waals surface area contributed by atoms with Gasteiger partial charge in [0, 0.05) is 30.8 Å². The number of aliphatic hydroxyl groups excluding tert-OH is 2. The summed E-state index contributed by atoms with van der Waals surface area (Å²) in [5.41, 5.74) is 7.33. The van der Waals surface area contributed by atoms with E-state index in [1.165, 1.54) is 0 Å². The molecule has 4 N–H and O–H groups in total. The summed E-state index contributed by atoms with van der Waals surface area (Å²) in [6, 6.07) is 11.6. The van der Waals surface area contributed by atoms with Gasteiger partial charge < -0.3 is 20.8 Å². The van der Waals surface area contributed by atoms with Crippen LogP contribution in [0, 0.1) is 11.3 Å². The van der Waals surface area contributed by atoms with Gasteiger partial charge in [0.05, 0.1) is 6.10 Å². The van der Waals surface area contributed by atoms with Crippen LogP contribution in [0.25, 0.3) is 0 Å². The molecule has 0 radical (unpaired) electrons. The average molecular weight is 382 g/mol. The average Bonchev–Trinajstić information content (AvgIpc) is 3.22. The summed E-state index contributed by atoms with van der Waals surface area (Å²) in [6.07, 6.45) is -0.692. The van der Waals surface area contributed by atoms with Crippen molar-refractivity contribution in [1.82, 2.24) is 14.9 Å². The van der Waals surface area contributed by atoms with Crippen molar-refractivity contribution in [2.24, 2.45) is 11.3 Å². The maximum Gasteiger partial charge on any atom is 0.272 e. The molecule has 148 valence electrons. The Morgan fingerprint density at radius 1 is 1.32 bits per heavy atom. The van der Waals surface area contributed by atoms with E-state index in [4.69, 9.17) is 5.73 Å². The van der Waals surface area contributed by atoms with Crippen molar-refractivity contribution in [3.8, 4) is 0 Å². The SMILES string of the molecule is CC(C)c1cc(C(=O)N2C[C@H](O)[C@@]3(C2)[C@H](CO)[C@H]3c2ccccc2)nc(N)n1. The van der Waals surface area contributed by atoms with Crippen molar-refractivity contribution >= 4 is 11.9 Å². The second-order valence-electron chi connectivity index (χ2n) is 8.18. The molecule has 1 amide bonds. The van der Waals surface area contributed by atoms with Gasteiger partial charge in [-0.15, -0.1) is 0 Å². The molecule has 1 aromatic carbocycles. The van der Waals surface area contributed by atoms with Gasteiger partial charge in [-0.3, -0.25) is 4.79 Å². The van der Waals surface area contributed by atoms with Gasteiger partial charge in [0.25, 0.3) is 5.91 Å². The van der Waals surface area contributed by atoms with Crippen LogP contribution in [0.15, 0.2) is 36.4 Å². The first kappa shape index (κ1) is 18.8. The third-order valence-corrected chi connectivity index (χ3v) is 6.26. The zero-order chi connectivity index (χ0) is 20.1. The van der Waals surface area contributed by atoms with Gasteiger partial charge >= 0.3 is 0 Å². The maximum absolute atomic E-state index is 13.1. The van der Waals surface area contributed by atoms with E-state index in [0.717, 1.165) is 5.56 Å². The summed E-state index contributed by atoms with van der Waals surface area (Å²) in [6.45, 7) is 4.55. The molecular formula is C21H26N4O3. The molecule has 7 heteroatoms. The first-order valence-corrected chi connectivity index (χ1v) is 9.66. The molecule has 2 heterocycles. The number of carbonyl (C=O) groups excluding carboxylic acids is 1. The van der Waals surface area contributed by atoms with Crippen LogP contribution in [0.1, 0.15) is 47.4 Å². The van der Waals surface area contributed by atoms with E-state index in [2.05, 4.69) is 9.97 Å². The van der Waals surface area contributed by atoms with Crippen LogP contribution in [0.3, 0.4) is 0 Å². The third-order valence-electron chi connectivity index (χ3n) is 6.26. The van der Waals surface area contributed by atoms with Crippen molar-refractivity contribution < 1.29 is 15.0 Å². The number of anilines is 1. The Morgan fingerprint density at radius 3 is 2.68 bits per heavy atom. The highest BCUT2D eigenvalue weighted by atomic mass is 16.3.